The number of carbonyl (C=O) groups is 1. The lowest BCUT2D eigenvalue weighted by Crippen LogP contribution is -2.61. The summed E-state index contributed by atoms with van der Waals surface area (Å²) in [4.78, 5) is 16.1. The van der Waals surface area contributed by atoms with E-state index < -0.39 is 11.6 Å². The molecule has 1 aliphatic rings. The number of aliphatic hydroxyl groups is 1. The van der Waals surface area contributed by atoms with Gasteiger partial charge < -0.3 is 10.0 Å². The molecule has 2 heterocycles. The van der Waals surface area contributed by atoms with Gasteiger partial charge in [0.2, 0.25) is 5.91 Å². The Hall–Kier alpha value is -2.32. The zero-order chi connectivity index (χ0) is 17.2. The lowest BCUT2D eigenvalue weighted by atomic mass is 9.77. The second kappa shape index (κ2) is 6.66. The number of carbonyl (C=O) groups excluding carboxylic acids is 1. The second-order valence-electron chi connectivity index (χ2n) is 6.30. The number of rotatable bonds is 4. The van der Waals surface area contributed by atoms with Gasteiger partial charge >= 0.3 is 0 Å². The van der Waals surface area contributed by atoms with Crippen LogP contribution in [0, 0.1) is 0 Å². The molecule has 1 N–H and O–H groups in total. The highest BCUT2D eigenvalue weighted by molar-refractivity contribution is 5.76. The summed E-state index contributed by atoms with van der Waals surface area (Å²) >= 11 is 0. The van der Waals surface area contributed by atoms with Crippen LogP contribution in [-0.2, 0) is 16.9 Å². The van der Waals surface area contributed by atoms with E-state index >= 15 is 0 Å². The van der Waals surface area contributed by atoms with E-state index in [1.807, 2.05) is 44.4 Å². The lowest BCUT2D eigenvalue weighted by Gasteiger charge is -2.49. The molecule has 0 unspecified atom stereocenters. The normalized spacial score (nSPS) is 24.3. The average molecular weight is 330 g/mol. The van der Waals surface area contributed by atoms with Gasteiger partial charge in [0.1, 0.15) is 12.9 Å². The number of nitrogens with zero attached hydrogens (tertiary/aromatic N) is 6. The summed E-state index contributed by atoms with van der Waals surface area (Å²) in [7, 11) is 3.93. The minimum Gasteiger partial charge on any atom is -0.389 e. The molecule has 1 aliphatic heterocycles. The molecule has 24 heavy (non-hydrogen) atoms. The van der Waals surface area contributed by atoms with Gasteiger partial charge in [-0.25, -0.2) is 4.68 Å². The lowest BCUT2D eigenvalue weighted by molar-refractivity contribution is -0.141. The van der Waals surface area contributed by atoms with Crippen LogP contribution in [0.2, 0.25) is 0 Å². The van der Waals surface area contributed by atoms with Gasteiger partial charge in [-0.1, -0.05) is 30.3 Å². The maximum absolute atomic E-state index is 12.4. The molecule has 3 rings (SSSR count). The van der Waals surface area contributed by atoms with E-state index in [0.29, 0.717) is 13.0 Å². The number of hydrogen-bond donors (Lipinski definition) is 1. The maximum atomic E-state index is 12.4. The van der Waals surface area contributed by atoms with Crippen molar-refractivity contribution < 1.29 is 9.90 Å². The summed E-state index contributed by atoms with van der Waals surface area (Å²) in [6.45, 7) is 0.944. The molecule has 8 heteroatoms. The van der Waals surface area contributed by atoms with Crippen LogP contribution >= 0.6 is 0 Å². The number of amides is 1. The molecule has 0 radical (unpaired) electrons. The minimum absolute atomic E-state index is 0.0834. The standard InChI is InChI=1S/C16H22N6O2/c1-20(2)16(13-6-4-3-5-7-13)8-9-21(10-14(16)23)15(24)11-22-12-17-18-19-22/h3-7,12,14,23H,8-11H2,1-2H3/t14-,16+/m1/s1. The predicted molar refractivity (Wildman–Crippen MR) is 86.8 cm³/mol. The molecule has 0 saturated carbocycles. The van der Waals surface area contributed by atoms with E-state index in [1.165, 1.54) is 11.0 Å². The van der Waals surface area contributed by atoms with Crippen LogP contribution < -0.4 is 0 Å². The fraction of sp³-hybridized carbons (Fsp3) is 0.500. The number of aliphatic hydroxyl groups excluding tert-OH is 1. The number of β-amino-alcohol motifs (C(OH)–C–C–N with tert-alkyl or cyclic N) is 1. The Balaban J connectivity index is 1.77. The van der Waals surface area contributed by atoms with Crippen molar-refractivity contribution in [1.82, 2.24) is 30.0 Å². The fourth-order valence-electron chi connectivity index (χ4n) is 3.48. The zero-order valence-electron chi connectivity index (χ0n) is 13.9. The summed E-state index contributed by atoms with van der Waals surface area (Å²) in [5.41, 5.74) is 0.572. The fourth-order valence-corrected chi connectivity index (χ4v) is 3.48. The highest BCUT2D eigenvalue weighted by Crippen LogP contribution is 2.37. The van der Waals surface area contributed by atoms with E-state index in [9.17, 15) is 9.90 Å². The third kappa shape index (κ3) is 2.90. The largest absolute Gasteiger partial charge is 0.389 e. The molecule has 8 nitrogen and oxygen atoms in total. The van der Waals surface area contributed by atoms with E-state index in [2.05, 4.69) is 20.4 Å². The molecule has 1 saturated heterocycles. The van der Waals surface area contributed by atoms with Crippen molar-refractivity contribution in [3.05, 3.63) is 42.2 Å². The van der Waals surface area contributed by atoms with Crippen molar-refractivity contribution >= 4 is 5.91 Å². The van der Waals surface area contributed by atoms with Gasteiger partial charge in [-0.3, -0.25) is 9.69 Å². The molecule has 1 fully saturated rings. The van der Waals surface area contributed by atoms with Crippen molar-refractivity contribution in [1.29, 1.82) is 0 Å². The van der Waals surface area contributed by atoms with Gasteiger partial charge in [0.05, 0.1) is 11.6 Å². The smallest absolute Gasteiger partial charge is 0.244 e. The first-order valence-electron chi connectivity index (χ1n) is 7.93. The van der Waals surface area contributed by atoms with Crippen LogP contribution in [0.15, 0.2) is 36.7 Å². The van der Waals surface area contributed by atoms with Crippen molar-refractivity contribution in [3.63, 3.8) is 0 Å². The Labute approximate surface area is 140 Å². The summed E-state index contributed by atoms with van der Waals surface area (Å²) in [6.07, 6.45) is 1.39. The van der Waals surface area contributed by atoms with Crippen LogP contribution in [0.4, 0.5) is 0 Å². The number of likely N-dealkylation sites (tertiary alicyclic amines) is 1. The first-order valence-corrected chi connectivity index (χ1v) is 7.93. The Kier molecular flexibility index (Phi) is 4.59. The van der Waals surface area contributed by atoms with Gasteiger partial charge in [-0.05, 0) is 36.5 Å². The highest BCUT2D eigenvalue weighted by atomic mass is 16.3. The molecule has 2 aromatic rings. The molecule has 1 aromatic carbocycles. The van der Waals surface area contributed by atoms with Crippen molar-refractivity contribution in [2.45, 2.75) is 24.6 Å². The molecule has 0 spiro atoms. The molecule has 0 aliphatic carbocycles. The predicted octanol–water partition coefficient (Wildman–Crippen LogP) is -0.277. The quantitative estimate of drug-likeness (QED) is 0.830. The van der Waals surface area contributed by atoms with Crippen molar-refractivity contribution in [2.24, 2.45) is 0 Å². The molecule has 0 bridgehead atoms. The zero-order valence-corrected chi connectivity index (χ0v) is 13.9. The minimum atomic E-state index is -0.679. The average Bonchev–Trinajstić information content (AvgIpc) is 3.08. The summed E-state index contributed by atoms with van der Waals surface area (Å²) in [5, 5.41) is 21.7. The molecule has 1 aromatic heterocycles. The molecular weight excluding hydrogens is 308 g/mol. The molecule has 128 valence electrons. The van der Waals surface area contributed by atoms with Gasteiger partial charge in [0, 0.05) is 13.1 Å². The van der Waals surface area contributed by atoms with Crippen LogP contribution in [0.25, 0.3) is 0 Å². The monoisotopic (exact) mass is 330 g/mol. The van der Waals surface area contributed by atoms with Gasteiger partial charge in [0.15, 0.2) is 0 Å². The van der Waals surface area contributed by atoms with E-state index in [4.69, 9.17) is 0 Å². The maximum Gasteiger partial charge on any atom is 0.244 e. The number of aromatic nitrogens is 4. The third-order valence-electron chi connectivity index (χ3n) is 4.82. The van der Waals surface area contributed by atoms with Crippen LogP contribution in [-0.4, -0.2) is 74.3 Å². The Morgan fingerprint density at radius 1 is 1.38 bits per heavy atom. The third-order valence-corrected chi connectivity index (χ3v) is 4.82. The highest BCUT2D eigenvalue weighted by Gasteiger charge is 2.46. The first-order chi connectivity index (χ1) is 11.5. The number of hydrogen-bond acceptors (Lipinski definition) is 6. The number of benzene rings is 1. The Morgan fingerprint density at radius 3 is 2.71 bits per heavy atom. The van der Waals surface area contributed by atoms with Gasteiger partial charge in [0.25, 0.3) is 0 Å². The van der Waals surface area contributed by atoms with Crippen molar-refractivity contribution in [2.75, 3.05) is 27.2 Å². The van der Waals surface area contributed by atoms with Crippen LogP contribution in [0.3, 0.4) is 0 Å². The van der Waals surface area contributed by atoms with E-state index in [0.717, 1.165) is 5.56 Å². The Bertz CT molecular complexity index is 675. The summed E-state index contributed by atoms with van der Waals surface area (Å²) < 4.78 is 1.39. The molecule has 1 amide bonds. The first kappa shape index (κ1) is 16.5. The van der Waals surface area contributed by atoms with E-state index in [1.54, 1.807) is 4.90 Å². The topological polar surface area (TPSA) is 87.4 Å². The number of likely N-dealkylation sites (N-methyl/N-ethyl adjacent to an activating group) is 1. The number of tetrazole rings is 1. The van der Waals surface area contributed by atoms with Gasteiger partial charge in [-0.15, -0.1) is 5.10 Å². The number of piperidine rings is 1. The van der Waals surface area contributed by atoms with Crippen molar-refractivity contribution in [3.8, 4) is 0 Å². The molecular formula is C16H22N6O2. The van der Waals surface area contributed by atoms with Crippen LogP contribution in [0.5, 0.6) is 0 Å². The molecule has 2 atom stereocenters. The summed E-state index contributed by atoms with van der Waals surface area (Å²) in [6, 6.07) is 9.97. The Morgan fingerprint density at radius 2 is 2.12 bits per heavy atom. The van der Waals surface area contributed by atoms with Crippen LogP contribution in [0.1, 0.15) is 12.0 Å². The van der Waals surface area contributed by atoms with Gasteiger partial charge in [-0.2, -0.15) is 0 Å². The second-order valence-corrected chi connectivity index (χ2v) is 6.30. The van der Waals surface area contributed by atoms with E-state index in [-0.39, 0.29) is 19.0 Å². The SMILES string of the molecule is CN(C)[C@]1(c2ccccc2)CCN(C(=O)Cn2cnnn2)C[C@H]1O. The summed E-state index contributed by atoms with van der Waals surface area (Å²) in [5.74, 6) is -0.0956.